The molecule has 2 aromatic rings. The standard InChI is InChI=1S/C18H24N4O2S/c1-13(23)22-10-4-3-5-16(22)15-6-7-17(21(15)2)18(24)19-9-8-14-11-25-12-20-14/h6-7,11-12,16H,3-5,8-10H2,1-2H3,(H,19,24)/t16-/m0/s1. The molecule has 1 aliphatic rings. The van der Waals surface area contributed by atoms with Crippen LogP contribution in [0.25, 0.3) is 0 Å². The first kappa shape index (κ1) is 17.7. The van der Waals surface area contributed by atoms with Crippen LogP contribution in [0.15, 0.2) is 23.0 Å². The number of likely N-dealkylation sites (tertiary alicyclic amines) is 1. The Labute approximate surface area is 151 Å². The second-order valence-electron chi connectivity index (χ2n) is 6.41. The van der Waals surface area contributed by atoms with Crippen LogP contribution in [0, 0.1) is 0 Å². The zero-order valence-corrected chi connectivity index (χ0v) is 15.5. The van der Waals surface area contributed by atoms with Crippen LogP contribution in [0.2, 0.25) is 0 Å². The number of carbonyl (C=O) groups is 2. The normalized spacial score (nSPS) is 17.5. The van der Waals surface area contributed by atoms with Gasteiger partial charge in [-0.25, -0.2) is 4.98 Å². The molecule has 1 aliphatic heterocycles. The molecule has 1 N–H and O–H groups in total. The van der Waals surface area contributed by atoms with E-state index in [-0.39, 0.29) is 17.9 Å². The lowest BCUT2D eigenvalue weighted by molar-refractivity contribution is -0.132. The Bertz CT molecular complexity index is 738. The number of thiazole rings is 1. The van der Waals surface area contributed by atoms with Gasteiger partial charge < -0.3 is 14.8 Å². The smallest absolute Gasteiger partial charge is 0.267 e. The highest BCUT2D eigenvalue weighted by Crippen LogP contribution is 2.31. The molecule has 134 valence electrons. The minimum absolute atomic E-state index is 0.0628. The summed E-state index contributed by atoms with van der Waals surface area (Å²) in [5.41, 5.74) is 4.45. The van der Waals surface area contributed by atoms with E-state index < -0.39 is 0 Å². The zero-order chi connectivity index (χ0) is 17.8. The summed E-state index contributed by atoms with van der Waals surface area (Å²) in [7, 11) is 1.90. The average molecular weight is 360 g/mol. The van der Waals surface area contributed by atoms with Gasteiger partial charge in [0.1, 0.15) is 5.69 Å². The Kier molecular flexibility index (Phi) is 5.53. The van der Waals surface area contributed by atoms with Crippen molar-refractivity contribution >= 4 is 23.2 Å². The third-order valence-electron chi connectivity index (χ3n) is 4.79. The van der Waals surface area contributed by atoms with E-state index in [0.29, 0.717) is 12.2 Å². The molecule has 3 rings (SSSR count). The van der Waals surface area contributed by atoms with E-state index in [4.69, 9.17) is 0 Å². The van der Waals surface area contributed by atoms with Crippen LogP contribution in [0.1, 0.15) is 54.1 Å². The first-order valence-corrected chi connectivity index (χ1v) is 9.60. The predicted octanol–water partition coefficient (Wildman–Crippen LogP) is 2.53. The number of hydrogen-bond donors (Lipinski definition) is 1. The molecule has 0 saturated carbocycles. The lowest BCUT2D eigenvalue weighted by atomic mass is 9.99. The van der Waals surface area contributed by atoms with E-state index in [2.05, 4.69) is 10.3 Å². The van der Waals surface area contributed by atoms with Crippen molar-refractivity contribution < 1.29 is 9.59 Å². The average Bonchev–Trinajstić information content (AvgIpc) is 3.24. The number of nitrogens with one attached hydrogen (secondary N) is 1. The van der Waals surface area contributed by atoms with E-state index >= 15 is 0 Å². The molecule has 1 atom stereocenters. The van der Waals surface area contributed by atoms with Crippen molar-refractivity contribution in [2.24, 2.45) is 7.05 Å². The Morgan fingerprint density at radius 2 is 2.20 bits per heavy atom. The molecule has 1 saturated heterocycles. The fourth-order valence-electron chi connectivity index (χ4n) is 3.46. The zero-order valence-electron chi connectivity index (χ0n) is 14.7. The van der Waals surface area contributed by atoms with Crippen molar-refractivity contribution in [1.29, 1.82) is 0 Å². The van der Waals surface area contributed by atoms with Crippen LogP contribution < -0.4 is 5.32 Å². The highest BCUT2D eigenvalue weighted by Gasteiger charge is 2.28. The van der Waals surface area contributed by atoms with Crippen LogP contribution >= 0.6 is 11.3 Å². The number of carbonyl (C=O) groups excluding carboxylic acids is 2. The third-order valence-corrected chi connectivity index (χ3v) is 5.43. The molecule has 0 spiro atoms. The summed E-state index contributed by atoms with van der Waals surface area (Å²) in [6, 6.07) is 3.88. The van der Waals surface area contributed by atoms with E-state index in [1.54, 1.807) is 23.8 Å². The summed E-state index contributed by atoms with van der Waals surface area (Å²) in [4.78, 5) is 30.5. The van der Waals surface area contributed by atoms with Crippen molar-refractivity contribution in [3.8, 4) is 0 Å². The molecule has 1 fully saturated rings. The van der Waals surface area contributed by atoms with Gasteiger partial charge in [0.15, 0.2) is 0 Å². The highest BCUT2D eigenvalue weighted by molar-refractivity contribution is 7.07. The maximum absolute atomic E-state index is 12.5. The van der Waals surface area contributed by atoms with E-state index in [0.717, 1.165) is 43.6 Å². The number of rotatable bonds is 5. The molecule has 0 aromatic carbocycles. The summed E-state index contributed by atoms with van der Waals surface area (Å²) < 4.78 is 1.92. The molecule has 6 nitrogen and oxygen atoms in total. The van der Waals surface area contributed by atoms with Crippen molar-refractivity contribution in [1.82, 2.24) is 19.8 Å². The number of amides is 2. The number of aromatic nitrogens is 2. The van der Waals surface area contributed by atoms with Crippen LogP contribution in [0.4, 0.5) is 0 Å². The Morgan fingerprint density at radius 3 is 2.92 bits per heavy atom. The maximum atomic E-state index is 12.5. The minimum atomic E-state index is -0.0887. The fourth-order valence-corrected chi connectivity index (χ4v) is 4.05. The molecule has 25 heavy (non-hydrogen) atoms. The van der Waals surface area contributed by atoms with Crippen LogP contribution in [-0.4, -0.2) is 39.4 Å². The summed E-state index contributed by atoms with van der Waals surface area (Å²) in [6.07, 6.45) is 3.83. The number of hydrogen-bond acceptors (Lipinski definition) is 4. The van der Waals surface area contributed by atoms with Crippen LogP contribution in [0.5, 0.6) is 0 Å². The van der Waals surface area contributed by atoms with Gasteiger partial charge in [-0.15, -0.1) is 11.3 Å². The molecule has 2 aromatic heterocycles. The molecule has 0 radical (unpaired) electrons. The molecule has 0 aliphatic carbocycles. The second kappa shape index (κ2) is 7.82. The number of piperidine rings is 1. The molecular formula is C18H24N4O2S. The van der Waals surface area contributed by atoms with Gasteiger partial charge in [0.05, 0.1) is 17.2 Å². The third kappa shape index (κ3) is 3.92. The minimum Gasteiger partial charge on any atom is -0.350 e. The highest BCUT2D eigenvalue weighted by atomic mass is 32.1. The fraction of sp³-hybridized carbons (Fsp3) is 0.500. The summed E-state index contributed by atoms with van der Waals surface area (Å²) in [5, 5.41) is 4.94. The van der Waals surface area contributed by atoms with Gasteiger partial charge in [0.25, 0.3) is 5.91 Å². The van der Waals surface area contributed by atoms with Gasteiger partial charge in [-0.3, -0.25) is 9.59 Å². The summed E-state index contributed by atoms with van der Waals surface area (Å²) in [6.45, 7) is 2.97. The molecule has 2 amide bonds. The topological polar surface area (TPSA) is 67.2 Å². The van der Waals surface area contributed by atoms with Crippen molar-refractivity contribution in [3.63, 3.8) is 0 Å². The van der Waals surface area contributed by atoms with Crippen molar-refractivity contribution in [2.45, 2.75) is 38.6 Å². The summed E-state index contributed by atoms with van der Waals surface area (Å²) >= 11 is 1.56. The molecule has 0 bridgehead atoms. The molecular weight excluding hydrogens is 336 g/mol. The predicted molar refractivity (Wildman–Crippen MR) is 97.5 cm³/mol. The van der Waals surface area contributed by atoms with Gasteiger partial charge in [-0.2, -0.15) is 0 Å². The van der Waals surface area contributed by atoms with Gasteiger partial charge in [-0.05, 0) is 31.4 Å². The van der Waals surface area contributed by atoms with Crippen LogP contribution in [-0.2, 0) is 18.3 Å². The van der Waals surface area contributed by atoms with Crippen molar-refractivity contribution in [3.05, 3.63) is 40.1 Å². The van der Waals surface area contributed by atoms with E-state index in [1.165, 1.54) is 0 Å². The first-order chi connectivity index (χ1) is 12.1. The van der Waals surface area contributed by atoms with Gasteiger partial charge in [-0.1, -0.05) is 0 Å². The van der Waals surface area contributed by atoms with E-state index in [9.17, 15) is 9.59 Å². The molecule has 0 unspecified atom stereocenters. The maximum Gasteiger partial charge on any atom is 0.267 e. The Balaban J connectivity index is 1.67. The monoisotopic (exact) mass is 360 g/mol. The quantitative estimate of drug-likeness (QED) is 0.891. The van der Waals surface area contributed by atoms with Crippen LogP contribution in [0.3, 0.4) is 0 Å². The summed E-state index contributed by atoms with van der Waals surface area (Å²) in [5.74, 6) is 0.00864. The molecule has 7 heteroatoms. The van der Waals surface area contributed by atoms with E-state index in [1.807, 2.05) is 34.0 Å². The lowest BCUT2D eigenvalue weighted by Gasteiger charge is -2.35. The van der Waals surface area contributed by atoms with Gasteiger partial charge >= 0.3 is 0 Å². The lowest BCUT2D eigenvalue weighted by Crippen LogP contribution is -2.38. The number of nitrogens with zero attached hydrogens (tertiary/aromatic N) is 3. The Morgan fingerprint density at radius 1 is 1.36 bits per heavy atom. The second-order valence-corrected chi connectivity index (χ2v) is 7.13. The van der Waals surface area contributed by atoms with Crippen molar-refractivity contribution in [2.75, 3.05) is 13.1 Å². The SMILES string of the molecule is CC(=O)N1CCCC[C@H]1c1ccc(C(=O)NCCc2cscn2)n1C. The molecule has 3 heterocycles. The Hall–Kier alpha value is -2.15. The first-order valence-electron chi connectivity index (χ1n) is 8.66. The van der Waals surface area contributed by atoms with Gasteiger partial charge in [0, 0.05) is 44.6 Å². The van der Waals surface area contributed by atoms with Gasteiger partial charge in [0.2, 0.25) is 5.91 Å². The largest absolute Gasteiger partial charge is 0.350 e.